The van der Waals surface area contributed by atoms with Gasteiger partial charge in [-0.15, -0.1) is 0 Å². The number of thioether (sulfide) groups is 1. The van der Waals surface area contributed by atoms with Crippen molar-refractivity contribution in [2.45, 2.75) is 11.7 Å². The molecule has 2 aromatic rings. The van der Waals surface area contributed by atoms with Gasteiger partial charge in [-0.3, -0.25) is 4.79 Å². The van der Waals surface area contributed by atoms with E-state index < -0.39 is 5.63 Å². The van der Waals surface area contributed by atoms with Crippen LogP contribution in [-0.4, -0.2) is 29.6 Å². The Balaban J connectivity index is 1.71. The van der Waals surface area contributed by atoms with Gasteiger partial charge in [-0.05, 0) is 18.6 Å². The van der Waals surface area contributed by atoms with E-state index in [0.29, 0.717) is 30.6 Å². The molecule has 120 valence electrons. The topological polar surface area (TPSA) is 50.5 Å². The average molecular weight is 333 g/mol. The number of rotatable bonds is 2. The molecule has 0 aliphatic carbocycles. The highest BCUT2D eigenvalue weighted by Gasteiger charge is 2.24. The monoisotopic (exact) mass is 333 g/mol. The number of nitrogens with zero attached hydrogens (tertiary/aromatic N) is 1. The van der Waals surface area contributed by atoms with E-state index in [9.17, 15) is 14.0 Å². The van der Waals surface area contributed by atoms with E-state index in [-0.39, 0.29) is 17.0 Å². The minimum Gasteiger partial charge on any atom is -0.430 e. The van der Waals surface area contributed by atoms with E-state index in [2.05, 4.69) is 0 Å². The van der Waals surface area contributed by atoms with Crippen LogP contribution in [0.15, 0.2) is 51.9 Å². The largest absolute Gasteiger partial charge is 0.430 e. The zero-order valence-corrected chi connectivity index (χ0v) is 13.2. The summed E-state index contributed by atoms with van der Waals surface area (Å²) < 4.78 is 18.7. The van der Waals surface area contributed by atoms with Crippen LogP contribution in [0.2, 0.25) is 0 Å². The van der Waals surface area contributed by atoms with Gasteiger partial charge in [-0.2, -0.15) is 11.8 Å². The van der Waals surface area contributed by atoms with Gasteiger partial charge in [0.05, 0.1) is 5.56 Å². The highest BCUT2D eigenvalue weighted by atomic mass is 32.2. The van der Waals surface area contributed by atoms with Crippen LogP contribution in [0.3, 0.4) is 0 Å². The number of amides is 1. The summed E-state index contributed by atoms with van der Waals surface area (Å²) in [6, 6.07) is 9.49. The lowest BCUT2D eigenvalue weighted by molar-refractivity contribution is 0.0764. The SMILES string of the molecule is O=C(c1ccc(=O)oc1)N1CCSC(c2ccccc2F)CC1. The van der Waals surface area contributed by atoms with E-state index in [1.807, 2.05) is 6.07 Å². The maximum atomic E-state index is 13.9. The Morgan fingerprint density at radius 2 is 2.04 bits per heavy atom. The fourth-order valence-electron chi connectivity index (χ4n) is 2.62. The Kier molecular flexibility index (Phi) is 4.81. The number of hydrogen-bond acceptors (Lipinski definition) is 4. The lowest BCUT2D eigenvalue weighted by atomic mass is 10.1. The first-order valence-electron chi connectivity index (χ1n) is 7.39. The maximum Gasteiger partial charge on any atom is 0.335 e. The van der Waals surface area contributed by atoms with Crippen molar-refractivity contribution >= 4 is 17.7 Å². The third-order valence-electron chi connectivity index (χ3n) is 3.83. The van der Waals surface area contributed by atoms with Gasteiger partial charge in [0, 0.05) is 35.7 Å². The molecule has 0 saturated carbocycles. The summed E-state index contributed by atoms with van der Waals surface area (Å²) in [6.07, 6.45) is 1.88. The average Bonchev–Trinajstić information content (AvgIpc) is 2.81. The summed E-state index contributed by atoms with van der Waals surface area (Å²) in [7, 11) is 0. The van der Waals surface area contributed by atoms with Crippen molar-refractivity contribution in [3.63, 3.8) is 0 Å². The van der Waals surface area contributed by atoms with E-state index in [1.165, 1.54) is 24.5 Å². The molecule has 1 aliphatic heterocycles. The van der Waals surface area contributed by atoms with Crippen molar-refractivity contribution < 1.29 is 13.6 Å². The summed E-state index contributed by atoms with van der Waals surface area (Å²) in [5.41, 5.74) is 0.573. The Hall–Kier alpha value is -2.08. The molecule has 6 heteroatoms. The van der Waals surface area contributed by atoms with Crippen LogP contribution in [0.25, 0.3) is 0 Å². The molecule has 4 nitrogen and oxygen atoms in total. The van der Waals surface area contributed by atoms with Gasteiger partial charge in [0.15, 0.2) is 0 Å². The highest BCUT2D eigenvalue weighted by Crippen LogP contribution is 2.35. The highest BCUT2D eigenvalue weighted by molar-refractivity contribution is 7.99. The van der Waals surface area contributed by atoms with Crippen LogP contribution in [-0.2, 0) is 0 Å². The van der Waals surface area contributed by atoms with Crippen molar-refractivity contribution in [2.75, 3.05) is 18.8 Å². The Morgan fingerprint density at radius 3 is 2.78 bits per heavy atom. The second kappa shape index (κ2) is 7.00. The van der Waals surface area contributed by atoms with Crippen molar-refractivity contribution in [3.8, 4) is 0 Å². The third kappa shape index (κ3) is 3.64. The molecular weight excluding hydrogens is 317 g/mol. The van der Waals surface area contributed by atoms with Gasteiger partial charge in [-0.25, -0.2) is 9.18 Å². The predicted octanol–water partition coefficient (Wildman–Crippen LogP) is 3.10. The lowest BCUT2D eigenvalue weighted by Gasteiger charge is -2.20. The van der Waals surface area contributed by atoms with Crippen LogP contribution in [0.5, 0.6) is 0 Å². The molecular formula is C17H16FNO3S. The summed E-state index contributed by atoms with van der Waals surface area (Å²) >= 11 is 1.66. The molecule has 1 fully saturated rings. The molecule has 0 bridgehead atoms. The first-order valence-corrected chi connectivity index (χ1v) is 8.44. The second-order valence-corrected chi connectivity index (χ2v) is 6.62. The number of carbonyl (C=O) groups excluding carboxylic acids is 1. The van der Waals surface area contributed by atoms with Gasteiger partial charge in [0.25, 0.3) is 5.91 Å². The molecule has 0 spiro atoms. The van der Waals surface area contributed by atoms with Crippen molar-refractivity contribution in [1.29, 1.82) is 0 Å². The molecule has 1 aliphatic rings. The van der Waals surface area contributed by atoms with Crippen molar-refractivity contribution in [1.82, 2.24) is 4.90 Å². The van der Waals surface area contributed by atoms with Gasteiger partial charge in [0.2, 0.25) is 0 Å². The van der Waals surface area contributed by atoms with Crippen LogP contribution in [0, 0.1) is 5.82 Å². The predicted molar refractivity (Wildman–Crippen MR) is 87.1 cm³/mol. The third-order valence-corrected chi connectivity index (χ3v) is 5.14. The molecule has 1 amide bonds. The molecule has 1 saturated heterocycles. The zero-order valence-electron chi connectivity index (χ0n) is 12.4. The molecule has 1 atom stereocenters. The van der Waals surface area contributed by atoms with Gasteiger partial charge < -0.3 is 9.32 Å². The minimum atomic E-state index is -0.479. The first kappa shape index (κ1) is 15.8. The van der Waals surface area contributed by atoms with Crippen molar-refractivity contribution in [3.05, 3.63) is 70.0 Å². The molecule has 23 heavy (non-hydrogen) atoms. The van der Waals surface area contributed by atoms with E-state index in [4.69, 9.17) is 4.42 Å². The molecule has 1 aromatic carbocycles. The summed E-state index contributed by atoms with van der Waals surface area (Å²) in [5.74, 6) is 0.375. The second-order valence-electron chi connectivity index (χ2n) is 5.31. The molecule has 0 N–H and O–H groups in total. The van der Waals surface area contributed by atoms with Gasteiger partial charge in [0.1, 0.15) is 12.1 Å². The molecule has 0 radical (unpaired) electrons. The van der Waals surface area contributed by atoms with E-state index in [1.54, 1.807) is 28.8 Å². The quantitative estimate of drug-likeness (QED) is 0.847. The Morgan fingerprint density at radius 1 is 1.22 bits per heavy atom. The summed E-state index contributed by atoms with van der Waals surface area (Å²) in [6.45, 7) is 1.14. The minimum absolute atomic E-state index is 0.0442. The van der Waals surface area contributed by atoms with Crippen molar-refractivity contribution in [2.24, 2.45) is 0 Å². The number of benzene rings is 1. The summed E-state index contributed by atoms with van der Waals surface area (Å²) in [5, 5.41) is 0.0442. The van der Waals surface area contributed by atoms with Crippen LogP contribution in [0.4, 0.5) is 4.39 Å². The Bertz CT molecular complexity index is 741. The zero-order chi connectivity index (χ0) is 16.2. The molecule has 2 heterocycles. The Labute approximate surface area is 137 Å². The number of halogens is 1. The standard InChI is InChI=1S/C17H16FNO3S/c18-14-4-2-1-3-13(14)15-7-8-19(9-10-23-15)17(21)12-5-6-16(20)22-11-12/h1-6,11,15H,7-10H2. The van der Waals surface area contributed by atoms with Gasteiger partial charge in [-0.1, -0.05) is 18.2 Å². The first-order chi connectivity index (χ1) is 11.1. The normalized spacial score (nSPS) is 18.5. The maximum absolute atomic E-state index is 13.9. The summed E-state index contributed by atoms with van der Waals surface area (Å²) in [4.78, 5) is 25.2. The number of carbonyl (C=O) groups is 1. The smallest absolute Gasteiger partial charge is 0.335 e. The van der Waals surface area contributed by atoms with Crippen LogP contribution < -0.4 is 5.63 Å². The van der Waals surface area contributed by atoms with E-state index >= 15 is 0 Å². The van der Waals surface area contributed by atoms with Crippen LogP contribution >= 0.6 is 11.8 Å². The number of hydrogen-bond donors (Lipinski definition) is 0. The molecule has 3 rings (SSSR count). The van der Waals surface area contributed by atoms with E-state index in [0.717, 1.165) is 5.75 Å². The van der Waals surface area contributed by atoms with Gasteiger partial charge >= 0.3 is 5.63 Å². The van der Waals surface area contributed by atoms with Crippen LogP contribution in [0.1, 0.15) is 27.6 Å². The fourth-order valence-corrected chi connectivity index (χ4v) is 3.87. The lowest BCUT2D eigenvalue weighted by Crippen LogP contribution is -2.33. The fraction of sp³-hybridized carbons (Fsp3) is 0.294. The molecule has 1 aromatic heterocycles. The molecule has 1 unspecified atom stereocenters.